The Labute approximate surface area is 202 Å². The highest BCUT2D eigenvalue weighted by Crippen LogP contribution is 2.35. The summed E-state index contributed by atoms with van der Waals surface area (Å²) in [5, 5.41) is 23.0. The van der Waals surface area contributed by atoms with E-state index in [0.717, 1.165) is 38.0 Å². The first-order valence-electron chi connectivity index (χ1n) is 11.8. The van der Waals surface area contributed by atoms with Crippen molar-refractivity contribution < 1.29 is 9.72 Å². The zero-order chi connectivity index (χ0) is 24.2. The minimum atomic E-state index is -0.330. The number of hydrogen-bond acceptors (Lipinski definition) is 9. The Morgan fingerprint density at radius 2 is 1.83 bits per heavy atom. The second-order valence-corrected chi connectivity index (χ2v) is 8.73. The first kappa shape index (κ1) is 22.9. The van der Waals surface area contributed by atoms with E-state index >= 15 is 0 Å². The summed E-state index contributed by atoms with van der Waals surface area (Å²) in [6.45, 7) is 4.39. The number of fused-ring (bicyclic) bond motifs is 1. The largest absolute Gasteiger partial charge is 0.367 e. The molecule has 35 heavy (non-hydrogen) atoms. The van der Waals surface area contributed by atoms with E-state index in [1.165, 1.54) is 6.33 Å². The van der Waals surface area contributed by atoms with Crippen LogP contribution in [0, 0.1) is 10.1 Å². The molecule has 3 aromatic rings. The molecule has 2 fully saturated rings. The summed E-state index contributed by atoms with van der Waals surface area (Å²) in [5.41, 5.74) is 2.17. The van der Waals surface area contributed by atoms with E-state index in [9.17, 15) is 14.9 Å². The fourth-order valence-corrected chi connectivity index (χ4v) is 4.79. The number of benzene rings is 2. The van der Waals surface area contributed by atoms with Crippen molar-refractivity contribution in [3.05, 3.63) is 58.9 Å². The molecule has 2 saturated heterocycles. The van der Waals surface area contributed by atoms with Gasteiger partial charge in [-0.25, -0.2) is 20.0 Å². The van der Waals surface area contributed by atoms with Gasteiger partial charge in [-0.3, -0.25) is 14.9 Å². The van der Waals surface area contributed by atoms with Crippen LogP contribution in [-0.2, 0) is 4.79 Å². The lowest BCUT2D eigenvalue weighted by atomic mass is 10.1. The molecule has 1 amide bonds. The molecule has 0 saturated carbocycles. The highest BCUT2D eigenvalue weighted by molar-refractivity contribution is 5.94. The number of rotatable bonds is 7. The summed E-state index contributed by atoms with van der Waals surface area (Å²) in [5.74, 6) is 0.596. The molecule has 11 nitrogen and oxygen atoms in total. The van der Waals surface area contributed by atoms with E-state index in [0.29, 0.717) is 48.6 Å². The van der Waals surface area contributed by atoms with Crippen LogP contribution in [0.1, 0.15) is 12.8 Å². The van der Waals surface area contributed by atoms with E-state index in [-0.39, 0.29) is 16.7 Å². The molecule has 0 atom stereocenters. The summed E-state index contributed by atoms with van der Waals surface area (Å²) in [6.07, 6.45) is 3.93. The van der Waals surface area contributed by atoms with Crippen molar-refractivity contribution in [2.75, 3.05) is 54.5 Å². The zero-order valence-corrected chi connectivity index (χ0v) is 19.3. The molecular formula is C24H28N8O3. The highest BCUT2D eigenvalue weighted by atomic mass is 16.6. The van der Waals surface area contributed by atoms with Gasteiger partial charge < -0.3 is 15.5 Å². The van der Waals surface area contributed by atoms with Crippen LogP contribution in [-0.4, -0.2) is 71.6 Å². The van der Waals surface area contributed by atoms with Crippen LogP contribution in [0.5, 0.6) is 0 Å². The number of carbonyl (C=O) groups is 1. The number of carbonyl (C=O) groups excluding carboxylic acids is 1. The van der Waals surface area contributed by atoms with Gasteiger partial charge in [0.1, 0.15) is 17.8 Å². The van der Waals surface area contributed by atoms with Crippen LogP contribution >= 0.6 is 0 Å². The number of hydrogen-bond donors (Lipinski definition) is 2. The van der Waals surface area contributed by atoms with Crippen LogP contribution < -0.4 is 20.5 Å². The van der Waals surface area contributed by atoms with Crippen LogP contribution in [0.15, 0.2) is 48.8 Å². The SMILES string of the molecule is O=CN(c1ccccc1)N1CCC(Nc2ncnc3cc(N4CCNCC4)c([N+](=O)[O-])cc23)CC1. The number of hydrazine groups is 1. The lowest BCUT2D eigenvalue weighted by Crippen LogP contribution is -2.49. The molecular weight excluding hydrogens is 448 g/mol. The van der Waals surface area contributed by atoms with E-state index < -0.39 is 0 Å². The van der Waals surface area contributed by atoms with E-state index in [1.54, 1.807) is 17.1 Å². The Balaban J connectivity index is 1.34. The summed E-state index contributed by atoms with van der Waals surface area (Å²) in [4.78, 5) is 34.2. The van der Waals surface area contributed by atoms with Crippen molar-refractivity contribution in [1.29, 1.82) is 0 Å². The van der Waals surface area contributed by atoms with Crippen molar-refractivity contribution in [2.45, 2.75) is 18.9 Å². The Bertz CT molecular complexity index is 1190. The number of nitrogens with one attached hydrogen (secondary N) is 2. The molecule has 1 aromatic heterocycles. The van der Waals surface area contributed by atoms with Crippen molar-refractivity contribution in [3.63, 3.8) is 0 Å². The van der Waals surface area contributed by atoms with E-state index in [1.807, 2.05) is 40.2 Å². The maximum absolute atomic E-state index is 11.9. The van der Waals surface area contributed by atoms with Crippen LogP contribution in [0.25, 0.3) is 10.9 Å². The van der Waals surface area contributed by atoms with Gasteiger partial charge in [0, 0.05) is 56.8 Å². The predicted molar refractivity (Wildman–Crippen MR) is 134 cm³/mol. The number of nitro benzene ring substituents is 1. The Hall–Kier alpha value is -3.83. The minimum absolute atomic E-state index is 0.0663. The van der Waals surface area contributed by atoms with Gasteiger partial charge in [-0.1, -0.05) is 18.2 Å². The average Bonchev–Trinajstić information content (AvgIpc) is 2.90. The van der Waals surface area contributed by atoms with Gasteiger partial charge >= 0.3 is 0 Å². The molecule has 11 heteroatoms. The van der Waals surface area contributed by atoms with Crippen molar-refractivity contribution in [3.8, 4) is 0 Å². The molecule has 2 aromatic carbocycles. The molecule has 0 bridgehead atoms. The molecule has 2 aliphatic heterocycles. The maximum atomic E-state index is 11.9. The third kappa shape index (κ3) is 4.86. The second kappa shape index (κ2) is 10.2. The molecule has 0 spiro atoms. The standard InChI is InChI=1S/C24H28N8O3/c33-17-31(19-4-2-1-3-5-19)30-10-6-18(7-11-30)28-24-20-14-23(32(34)35)22(15-21(20)26-16-27-24)29-12-8-25-9-13-29/h1-5,14-18,25H,6-13H2,(H,26,27,28). The van der Waals surface area contributed by atoms with Gasteiger partial charge in [0.05, 0.1) is 16.1 Å². The summed E-state index contributed by atoms with van der Waals surface area (Å²) in [6, 6.07) is 13.1. The topological polar surface area (TPSA) is 120 Å². The van der Waals surface area contributed by atoms with E-state index in [2.05, 4.69) is 20.6 Å². The number of para-hydroxylation sites is 1. The van der Waals surface area contributed by atoms with Gasteiger partial charge in [0.2, 0.25) is 6.41 Å². The summed E-state index contributed by atoms with van der Waals surface area (Å²) < 4.78 is 0. The van der Waals surface area contributed by atoms with Crippen molar-refractivity contribution >= 4 is 40.2 Å². The number of nitrogens with zero attached hydrogens (tertiary/aromatic N) is 6. The molecule has 182 valence electrons. The normalized spacial score (nSPS) is 17.3. The third-order valence-electron chi connectivity index (χ3n) is 6.62. The fraction of sp³-hybridized carbons (Fsp3) is 0.375. The second-order valence-electron chi connectivity index (χ2n) is 8.73. The van der Waals surface area contributed by atoms with Crippen LogP contribution in [0.4, 0.5) is 22.9 Å². The quantitative estimate of drug-likeness (QED) is 0.301. The Morgan fingerprint density at radius 1 is 1.09 bits per heavy atom. The number of amides is 1. The smallest absolute Gasteiger partial charge is 0.293 e. The number of nitro groups is 1. The maximum Gasteiger partial charge on any atom is 0.293 e. The minimum Gasteiger partial charge on any atom is -0.367 e. The number of anilines is 3. The molecule has 5 rings (SSSR count). The molecule has 0 radical (unpaired) electrons. The van der Waals surface area contributed by atoms with Crippen molar-refractivity contribution in [1.82, 2.24) is 20.3 Å². The Morgan fingerprint density at radius 3 is 2.51 bits per heavy atom. The Kier molecular flexibility index (Phi) is 6.68. The fourth-order valence-electron chi connectivity index (χ4n) is 4.79. The molecule has 0 unspecified atom stereocenters. The van der Waals surface area contributed by atoms with Gasteiger partial charge in [-0.15, -0.1) is 0 Å². The van der Waals surface area contributed by atoms with E-state index in [4.69, 9.17) is 0 Å². The molecule has 2 N–H and O–H groups in total. The van der Waals surface area contributed by atoms with Crippen LogP contribution in [0.3, 0.4) is 0 Å². The highest BCUT2D eigenvalue weighted by Gasteiger charge is 2.26. The average molecular weight is 477 g/mol. The number of aromatic nitrogens is 2. The molecule has 2 aliphatic rings. The molecule has 0 aliphatic carbocycles. The van der Waals surface area contributed by atoms with Crippen LogP contribution in [0.2, 0.25) is 0 Å². The third-order valence-corrected chi connectivity index (χ3v) is 6.62. The zero-order valence-electron chi connectivity index (χ0n) is 19.3. The molecule has 3 heterocycles. The lowest BCUT2D eigenvalue weighted by Gasteiger charge is -2.38. The summed E-state index contributed by atoms with van der Waals surface area (Å²) >= 11 is 0. The number of piperidine rings is 1. The lowest BCUT2D eigenvalue weighted by molar-refractivity contribution is -0.384. The summed E-state index contributed by atoms with van der Waals surface area (Å²) in [7, 11) is 0. The van der Waals surface area contributed by atoms with Gasteiger partial charge in [0.25, 0.3) is 5.69 Å². The number of piperazine rings is 1. The monoisotopic (exact) mass is 476 g/mol. The van der Waals surface area contributed by atoms with Gasteiger partial charge in [-0.05, 0) is 31.0 Å². The first-order chi connectivity index (χ1) is 17.1. The van der Waals surface area contributed by atoms with Gasteiger partial charge in [0.15, 0.2) is 0 Å². The van der Waals surface area contributed by atoms with Crippen molar-refractivity contribution in [2.24, 2.45) is 0 Å². The predicted octanol–water partition coefficient (Wildman–Crippen LogP) is 2.40. The van der Waals surface area contributed by atoms with Gasteiger partial charge in [-0.2, -0.15) is 0 Å². The first-order valence-corrected chi connectivity index (χ1v) is 11.8.